The first-order valence-electron chi connectivity index (χ1n) is 1.83. The number of carbonyl (C=O) groups excluding carboxylic acids is 1. The van der Waals surface area contributed by atoms with Crippen LogP contribution in [0.25, 0.3) is 0 Å². The van der Waals surface area contributed by atoms with Crippen LogP contribution in [-0.4, -0.2) is 22.6 Å². The molecule has 0 aliphatic carbocycles. The summed E-state index contributed by atoms with van der Waals surface area (Å²) in [7, 11) is 0. The van der Waals surface area contributed by atoms with Crippen molar-refractivity contribution >= 4 is 5.78 Å². The van der Waals surface area contributed by atoms with Crippen molar-refractivity contribution in [2.45, 2.75) is 13.2 Å². The van der Waals surface area contributed by atoms with E-state index < -0.39 is 12.1 Å². The Morgan fingerprint density at radius 1 is 1.50 bits per heavy atom. The van der Waals surface area contributed by atoms with E-state index in [1.54, 1.807) is 0 Å². The molecule has 48 valence electrons. The summed E-state index contributed by atoms with van der Waals surface area (Å²) in [6, 6.07) is 0. The van der Waals surface area contributed by atoms with E-state index in [2.05, 4.69) is 9.78 Å². The van der Waals surface area contributed by atoms with Gasteiger partial charge in [-0.3, -0.25) is 4.79 Å². The maximum Gasteiger partial charge on any atom is 0.280 e. The first kappa shape index (κ1) is 7.51. The highest BCUT2D eigenvalue weighted by atomic mass is 17.2. The van der Waals surface area contributed by atoms with Gasteiger partial charge in [-0.25, -0.2) is 10.5 Å². The highest BCUT2D eigenvalue weighted by molar-refractivity contribution is 5.78. The molecule has 0 aromatic carbocycles. The van der Waals surface area contributed by atoms with Gasteiger partial charge in [-0.1, -0.05) is 0 Å². The molecule has 0 aliphatic rings. The highest BCUT2D eigenvalue weighted by Gasteiger charge is 2.13. The van der Waals surface area contributed by atoms with E-state index in [9.17, 15) is 4.79 Å². The molecule has 0 aromatic rings. The van der Waals surface area contributed by atoms with Crippen LogP contribution in [0.1, 0.15) is 6.92 Å². The molecular weight excluding hydrogens is 116 g/mol. The van der Waals surface area contributed by atoms with Crippen molar-refractivity contribution in [3.05, 3.63) is 0 Å². The molecular formula is C3H6O5. The molecule has 0 saturated carbocycles. The van der Waals surface area contributed by atoms with Crippen molar-refractivity contribution in [2.24, 2.45) is 0 Å². The first-order chi connectivity index (χ1) is 3.72. The maximum atomic E-state index is 10.0. The number of ketones is 1. The van der Waals surface area contributed by atoms with Crippen molar-refractivity contribution in [3.63, 3.8) is 0 Å². The topological polar surface area (TPSA) is 76.0 Å². The molecule has 5 nitrogen and oxygen atoms in total. The van der Waals surface area contributed by atoms with E-state index in [0.717, 1.165) is 6.92 Å². The molecule has 0 fully saturated rings. The lowest BCUT2D eigenvalue weighted by atomic mass is 10.4. The second kappa shape index (κ2) is 3.50. The van der Waals surface area contributed by atoms with Crippen LogP contribution in [0.4, 0.5) is 0 Å². The molecule has 0 aromatic heterocycles. The average Bonchev–Trinajstić information content (AvgIpc) is 1.69. The summed E-state index contributed by atoms with van der Waals surface area (Å²) < 4.78 is 0. The van der Waals surface area contributed by atoms with Crippen molar-refractivity contribution < 1.29 is 25.1 Å². The third kappa shape index (κ3) is 1.99. The zero-order valence-electron chi connectivity index (χ0n) is 4.20. The Labute approximate surface area is 45.3 Å². The van der Waals surface area contributed by atoms with Crippen LogP contribution in [0.15, 0.2) is 0 Å². The Kier molecular flexibility index (Phi) is 3.29. The summed E-state index contributed by atoms with van der Waals surface area (Å²) in [5.41, 5.74) is 0. The molecule has 0 atom stereocenters. The molecule has 0 spiro atoms. The van der Waals surface area contributed by atoms with Gasteiger partial charge >= 0.3 is 0 Å². The molecule has 0 heterocycles. The van der Waals surface area contributed by atoms with Gasteiger partial charge in [0, 0.05) is 0 Å². The van der Waals surface area contributed by atoms with Gasteiger partial charge in [-0.2, -0.15) is 9.78 Å². The van der Waals surface area contributed by atoms with Gasteiger partial charge in [0.25, 0.3) is 6.29 Å². The number of hydrogen-bond donors (Lipinski definition) is 2. The summed E-state index contributed by atoms with van der Waals surface area (Å²) in [5, 5.41) is 15.4. The van der Waals surface area contributed by atoms with Gasteiger partial charge < -0.3 is 0 Å². The number of Topliss-reactive ketones (excluding diaryl/α,β-unsaturated/α-hetero) is 1. The van der Waals surface area contributed by atoms with Gasteiger partial charge in [0.05, 0.1) is 0 Å². The molecule has 2 N–H and O–H groups in total. The molecule has 0 saturated heterocycles. The minimum atomic E-state index is -1.57. The molecule has 0 rings (SSSR count). The number of hydrogen-bond acceptors (Lipinski definition) is 5. The smallest absolute Gasteiger partial charge is 0.280 e. The minimum absolute atomic E-state index is 0.616. The lowest BCUT2D eigenvalue weighted by molar-refractivity contribution is -0.414. The second-order valence-corrected chi connectivity index (χ2v) is 1.15. The normalized spacial score (nSPS) is 10.0. The summed E-state index contributed by atoms with van der Waals surface area (Å²) in [6.45, 7) is 1.09. The lowest BCUT2D eigenvalue weighted by Crippen LogP contribution is -2.22. The van der Waals surface area contributed by atoms with Crippen LogP contribution in [0.5, 0.6) is 0 Å². The fourth-order valence-corrected chi connectivity index (χ4v) is 0.168. The summed E-state index contributed by atoms with van der Waals surface area (Å²) in [5.74, 6) is -0.616. The molecule has 5 heteroatoms. The van der Waals surface area contributed by atoms with E-state index >= 15 is 0 Å². The van der Waals surface area contributed by atoms with Crippen LogP contribution in [0.2, 0.25) is 0 Å². The fraction of sp³-hybridized carbons (Fsp3) is 0.667. The zero-order valence-corrected chi connectivity index (χ0v) is 4.20. The fourth-order valence-electron chi connectivity index (χ4n) is 0.168. The molecule has 0 bridgehead atoms. The lowest BCUT2D eigenvalue weighted by Gasteiger charge is -2.02. The van der Waals surface area contributed by atoms with E-state index in [4.69, 9.17) is 10.5 Å². The average molecular weight is 122 g/mol. The van der Waals surface area contributed by atoms with E-state index in [0.29, 0.717) is 0 Å². The van der Waals surface area contributed by atoms with Crippen LogP contribution < -0.4 is 0 Å². The molecule has 0 radical (unpaired) electrons. The van der Waals surface area contributed by atoms with Crippen LogP contribution in [-0.2, 0) is 14.6 Å². The summed E-state index contributed by atoms with van der Waals surface area (Å²) in [6.07, 6.45) is -1.57. The largest absolute Gasteiger partial charge is 0.294 e. The van der Waals surface area contributed by atoms with E-state index in [-0.39, 0.29) is 0 Å². The van der Waals surface area contributed by atoms with Gasteiger partial charge in [0.1, 0.15) is 0 Å². The number of carbonyl (C=O) groups is 1. The Hall–Kier alpha value is -0.490. The van der Waals surface area contributed by atoms with Crippen molar-refractivity contribution in [3.8, 4) is 0 Å². The van der Waals surface area contributed by atoms with Crippen LogP contribution in [0.3, 0.4) is 0 Å². The van der Waals surface area contributed by atoms with Gasteiger partial charge in [0.15, 0.2) is 5.78 Å². The third-order valence-electron chi connectivity index (χ3n) is 0.523. The van der Waals surface area contributed by atoms with Crippen molar-refractivity contribution in [1.29, 1.82) is 0 Å². The predicted octanol–water partition coefficient (Wildman–Crippen LogP) is -0.119. The minimum Gasteiger partial charge on any atom is -0.294 e. The molecule has 0 unspecified atom stereocenters. The van der Waals surface area contributed by atoms with Gasteiger partial charge in [-0.15, -0.1) is 0 Å². The van der Waals surface area contributed by atoms with Gasteiger partial charge in [-0.05, 0) is 6.92 Å². The monoisotopic (exact) mass is 122 g/mol. The Morgan fingerprint density at radius 2 is 1.88 bits per heavy atom. The van der Waals surface area contributed by atoms with Gasteiger partial charge in [0.2, 0.25) is 0 Å². The highest BCUT2D eigenvalue weighted by Crippen LogP contribution is 1.89. The second-order valence-electron chi connectivity index (χ2n) is 1.15. The molecule has 0 aliphatic heterocycles. The Bertz CT molecular complexity index is 75.7. The van der Waals surface area contributed by atoms with Crippen molar-refractivity contribution in [2.75, 3.05) is 0 Å². The number of rotatable bonds is 3. The zero-order chi connectivity index (χ0) is 6.57. The third-order valence-corrected chi connectivity index (χ3v) is 0.523. The maximum absolute atomic E-state index is 10.0. The summed E-state index contributed by atoms with van der Waals surface area (Å²) >= 11 is 0. The van der Waals surface area contributed by atoms with E-state index in [1.165, 1.54) is 0 Å². The van der Waals surface area contributed by atoms with Crippen molar-refractivity contribution in [1.82, 2.24) is 0 Å². The standard InChI is InChI=1S/C3H6O5/c1-2(4)3(7-5)8-6/h3,5-6H,1H3. The Morgan fingerprint density at radius 3 is 1.88 bits per heavy atom. The first-order valence-corrected chi connectivity index (χ1v) is 1.83. The molecule has 8 heavy (non-hydrogen) atoms. The summed E-state index contributed by atoms with van der Waals surface area (Å²) in [4.78, 5) is 16.7. The quantitative estimate of drug-likeness (QED) is 0.310. The Balaban J connectivity index is 3.52. The van der Waals surface area contributed by atoms with Crippen LogP contribution >= 0.6 is 0 Å². The SMILES string of the molecule is CC(=O)C(OO)OO. The predicted molar refractivity (Wildman–Crippen MR) is 21.9 cm³/mol. The van der Waals surface area contributed by atoms with Crippen LogP contribution in [0, 0.1) is 0 Å². The van der Waals surface area contributed by atoms with E-state index in [1.807, 2.05) is 0 Å². The molecule has 0 amide bonds.